The van der Waals surface area contributed by atoms with Crippen molar-refractivity contribution in [2.24, 2.45) is 0 Å². The number of hydrogen-bond acceptors (Lipinski definition) is 8. The fourth-order valence-corrected chi connectivity index (χ4v) is 5.09. The minimum Gasteiger partial charge on any atom is -0.368 e. The van der Waals surface area contributed by atoms with Gasteiger partial charge >= 0.3 is 0 Å². The highest BCUT2D eigenvalue weighted by Crippen LogP contribution is 2.30. The normalized spacial score (nSPS) is 17.5. The summed E-state index contributed by atoms with van der Waals surface area (Å²) >= 11 is 0. The van der Waals surface area contributed by atoms with Crippen molar-refractivity contribution in [3.63, 3.8) is 0 Å². The average molecular weight is 473 g/mol. The lowest BCUT2D eigenvalue weighted by Crippen LogP contribution is -2.43. The Morgan fingerprint density at radius 3 is 2.63 bits per heavy atom. The van der Waals surface area contributed by atoms with Gasteiger partial charge in [0.25, 0.3) is 0 Å². The zero-order chi connectivity index (χ0) is 23.6. The van der Waals surface area contributed by atoms with E-state index in [2.05, 4.69) is 52.4 Å². The zero-order valence-electron chi connectivity index (χ0n) is 20.0. The minimum atomic E-state index is 0.297. The number of nitrogen functional groups attached to an aromatic ring is 1. The average Bonchev–Trinajstić information content (AvgIpc) is 3.63. The summed E-state index contributed by atoms with van der Waals surface area (Å²) in [7, 11) is 0. The molecule has 2 fully saturated rings. The van der Waals surface area contributed by atoms with Gasteiger partial charge in [-0.05, 0) is 38.1 Å². The Labute approximate surface area is 204 Å². The van der Waals surface area contributed by atoms with E-state index in [0.717, 1.165) is 84.9 Å². The maximum absolute atomic E-state index is 6.12. The molecule has 35 heavy (non-hydrogen) atoms. The van der Waals surface area contributed by atoms with Crippen molar-refractivity contribution in [3.05, 3.63) is 42.6 Å². The van der Waals surface area contributed by atoms with E-state index in [9.17, 15) is 0 Å². The number of nitrogens with zero attached hydrogens (tertiary/aromatic N) is 7. The molecule has 0 aromatic carbocycles. The van der Waals surface area contributed by atoms with Crippen LogP contribution < -0.4 is 11.1 Å². The number of hydrogen-bond donors (Lipinski definition) is 3. The van der Waals surface area contributed by atoms with Gasteiger partial charge in [-0.25, -0.2) is 15.0 Å². The number of H-pyrrole nitrogens is 1. The smallest absolute Gasteiger partial charge is 0.220 e. The maximum Gasteiger partial charge on any atom is 0.220 e. The molecule has 4 N–H and O–H groups in total. The Balaban J connectivity index is 1.25. The first-order valence-corrected chi connectivity index (χ1v) is 12.5. The number of pyridine rings is 1. The molecule has 2 aliphatic rings. The highest BCUT2D eigenvalue weighted by atomic mass is 15.3. The topological polar surface area (TPSA) is 117 Å². The first-order chi connectivity index (χ1) is 17.2. The van der Waals surface area contributed by atoms with Gasteiger partial charge in [-0.3, -0.25) is 9.58 Å². The van der Waals surface area contributed by atoms with Gasteiger partial charge in [-0.15, -0.1) is 0 Å². The summed E-state index contributed by atoms with van der Waals surface area (Å²) in [6.45, 7) is 9.14. The molecule has 0 bridgehead atoms. The van der Waals surface area contributed by atoms with E-state index in [1.807, 2.05) is 29.3 Å². The monoisotopic (exact) mass is 472 g/mol. The molecule has 0 radical (unpaired) electrons. The molecule has 4 aromatic rings. The predicted octanol–water partition coefficient (Wildman–Crippen LogP) is 1.97. The van der Waals surface area contributed by atoms with Crippen LogP contribution in [0.2, 0.25) is 0 Å². The van der Waals surface area contributed by atoms with Gasteiger partial charge in [0.2, 0.25) is 5.95 Å². The van der Waals surface area contributed by atoms with Crippen LogP contribution in [0.5, 0.6) is 0 Å². The number of piperazine rings is 1. The third-order valence-corrected chi connectivity index (χ3v) is 7.01. The molecule has 182 valence electrons. The quantitative estimate of drug-likeness (QED) is 0.374. The fourth-order valence-electron chi connectivity index (χ4n) is 5.09. The molecule has 0 atom stereocenters. The second-order valence-corrected chi connectivity index (χ2v) is 9.49. The van der Waals surface area contributed by atoms with Crippen LogP contribution in [0.15, 0.2) is 36.9 Å². The highest BCUT2D eigenvalue weighted by molar-refractivity contribution is 5.95. The molecule has 10 nitrogen and oxygen atoms in total. The van der Waals surface area contributed by atoms with Crippen LogP contribution in [-0.2, 0) is 13.1 Å². The van der Waals surface area contributed by atoms with Gasteiger partial charge < -0.3 is 20.9 Å². The second-order valence-electron chi connectivity index (χ2n) is 9.49. The molecular formula is C25H32N10. The van der Waals surface area contributed by atoms with Gasteiger partial charge in [0, 0.05) is 79.9 Å². The van der Waals surface area contributed by atoms with Crippen molar-refractivity contribution in [2.75, 3.05) is 51.5 Å². The number of fused-ring (bicyclic) bond motifs is 1. The minimum absolute atomic E-state index is 0.297. The summed E-state index contributed by atoms with van der Waals surface area (Å²) in [6, 6.07) is 4.20. The molecule has 0 amide bonds. The van der Waals surface area contributed by atoms with Crippen LogP contribution in [-0.4, -0.2) is 85.3 Å². The van der Waals surface area contributed by atoms with Crippen molar-refractivity contribution in [3.8, 4) is 22.4 Å². The number of aromatic amines is 1. The fraction of sp³-hybridized carbons (Fsp3) is 0.440. The molecule has 2 aliphatic heterocycles. The summed E-state index contributed by atoms with van der Waals surface area (Å²) in [5.41, 5.74) is 11.8. The van der Waals surface area contributed by atoms with E-state index >= 15 is 0 Å². The first kappa shape index (κ1) is 22.1. The van der Waals surface area contributed by atoms with Crippen LogP contribution in [0, 0.1) is 0 Å². The van der Waals surface area contributed by atoms with Crippen molar-refractivity contribution in [2.45, 2.75) is 25.9 Å². The maximum atomic E-state index is 6.12. The largest absolute Gasteiger partial charge is 0.368 e. The lowest BCUT2D eigenvalue weighted by atomic mass is 10.1. The number of nitrogens with two attached hydrogens (primary N) is 1. The van der Waals surface area contributed by atoms with Gasteiger partial charge in [-0.2, -0.15) is 5.10 Å². The molecule has 6 rings (SSSR count). The summed E-state index contributed by atoms with van der Waals surface area (Å²) < 4.78 is 2.03. The molecular weight excluding hydrogens is 440 g/mol. The van der Waals surface area contributed by atoms with Crippen molar-refractivity contribution < 1.29 is 0 Å². The molecule has 10 heteroatoms. The number of nitrogens with one attached hydrogen (secondary N) is 2. The number of likely N-dealkylation sites (tertiary alicyclic amines) is 1. The van der Waals surface area contributed by atoms with Crippen LogP contribution in [0.25, 0.3) is 33.4 Å². The van der Waals surface area contributed by atoms with Crippen molar-refractivity contribution >= 4 is 17.0 Å². The van der Waals surface area contributed by atoms with Gasteiger partial charge in [0.05, 0.1) is 24.1 Å². The van der Waals surface area contributed by atoms with Crippen molar-refractivity contribution in [1.29, 1.82) is 0 Å². The van der Waals surface area contributed by atoms with Crippen LogP contribution >= 0.6 is 0 Å². The van der Waals surface area contributed by atoms with Crippen LogP contribution in [0.3, 0.4) is 0 Å². The molecule has 6 heterocycles. The van der Waals surface area contributed by atoms with Crippen molar-refractivity contribution in [1.82, 2.24) is 44.8 Å². The number of rotatable bonds is 7. The van der Waals surface area contributed by atoms with E-state index in [0.29, 0.717) is 5.95 Å². The van der Waals surface area contributed by atoms with E-state index in [-0.39, 0.29) is 0 Å². The lowest BCUT2D eigenvalue weighted by molar-refractivity contribution is 0.231. The van der Waals surface area contributed by atoms with Crippen LogP contribution in [0.4, 0.5) is 5.95 Å². The van der Waals surface area contributed by atoms with E-state index in [1.165, 1.54) is 25.9 Å². The number of aromatic nitrogens is 6. The molecule has 2 saturated heterocycles. The Bertz CT molecular complexity index is 1300. The molecule has 4 aromatic heterocycles. The van der Waals surface area contributed by atoms with E-state index < -0.39 is 0 Å². The Morgan fingerprint density at radius 2 is 1.77 bits per heavy atom. The summed E-state index contributed by atoms with van der Waals surface area (Å²) in [5, 5.41) is 8.99. The van der Waals surface area contributed by atoms with Gasteiger partial charge in [-0.1, -0.05) is 0 Å². The third-order valence-electron chi connectivity index (χ3n) is 7.01. The number of anilines is 1. The van der Waals surface area contributed by atoms with Crippen LogP contribution in [0.1, 0.15) is 18.5 Å². The predicted molar refractivity (Wildman–Crippen MR) is 137 cm³/mol. The Hall–Kier alpha value is -3.34. The van der Waals surface area contributed by atoms with E-state index in [4.69, 9.17) is 5.73 Å². The lowest BCUT2D eigenvalue weighted by Gasteiger charge is -2.26. The summed E-state index contributed by atoms with van der Waals surface area (Å²) in [5.74, 6) is 0.297. The summed E-state index contributed by atoms with van der Waals surface area (Å²) in [6.07, 6.45) is 10.5. The third kappa shape index (κ3) is 4.90. The molecule has 0 aliphatic carbocycles. The standard InChI is InChI=1S/C25H32N10/c26-25-31-20(17-34-7-3-27-4-8-34)12-23(32-25)22-15-29-24-21(22)11-18(13-28-24)19-14-30-35(16-19)10-9-33-5-1-2-6-33/h11-16,27H,1-10,17H2,(H,28,29)(H2,26,31,32). The Morgan fingerprint density at radius 1 is 0.914 bits per heavy atom. The molecule has 0 spiro atoms. The Kier molecular flexibility index (Phi) is 6.15. The second kappa shape index (κ2) is 9.73. The van der Waals surface area contributed by atoms with E-state index in [1.54, 1.807) is 0 Å². The SMILES string of the molecule is Nc1nc(CN2CCNCC2)cc(-c2c[nH]c3ncc(-c4cnn(CCN5CCCC5)c4)cc23)n1. The molecule has 0 unspecified atom stereocenters. The summed E-state index contributed by atoms with van der Waals surface area (Å²) in [4.78, 5) is 21.9. The van der Waals surface area contributed by atoms with Gasteiger partial charge in [0.15, 0.2) is 0 Å². The zero-order valence-corrected chi connectivity index (χ0v) is 20.0. The first-order valence-electron chi connectivity index (χ1n) is 12.5. The highest BCUT2D eigenvalue weighted by Gasteiger charge is 2.16. The van der Waals surface area contributed by atoms with Gasteiger partial charge in [0.1, 0.15) is 5.65 Å². The molecule has 0 saturated carbocycles.